The number of amides is 1. The molecule has 1 fully saturated rings. The van der Waals surface area contributed by atoms with Crippen LogP contribution in [0.3, 0.4) is 0 Å². The standard InChI is InChI=1S/C15H17FN4O2S/c16-12-4-2-1-3-11(12)14(21)10-20-9-13(17-18-20)15(22)19-5-7-23-8-6-19/h1-4,9,14,21H,5-8,10H2/t14-/m1/s1. The van der Waals surface area contributed by atoms with Crippen LogP contribution in [0.1, 0.15) is 22.2 Å². The SMILES string of the molecule is O=C(c1cn(C[C@@H](O)c2ccccc2F)nn1)N1CCSCC1. The Bertz CT molecular complexity index is 688. The van der Waals surface area contributed by atoms with Crippen LogP contribution in [0.5, 0.6) is 0 Å². The van der Waals surface area contributed by atoms with Crippen LogP contribution in [0, 0.1) is 5.82 Å². The lowest BCUT2D eigenvalue weighted by Gasteiger charge is -2.25. The first-order valence-corrected chi connectivity index (χ1v) is 8.50. The number of hydrogen-bond donors (Lipinski definition) is 1. The van der Waals surface area contributed by atoms with Crippen molar-refractivity contribution >= 4 is 17.7 Å². The first kappa shape index (κ1) is 15.9. The van der Waals surface area contributed by atoms with E-state index >= 15 is 0 Å². The molecule has 0 saturated carbocycles. The van der Waals surface area contributed by atoms with Crippen molar-refractivity contribution in [2.45, 2.75) is 12.6 Å². The van der Waals surface area contributed by atoms with Crippen LogP contribution in [0.25, 0.3) is 0 Å². The molecule has 8 heteroatoms. The number of nitrogens with zero attached hydrogens (tertiary/aromatic N) is 4. The third kappa shape index (κ3) is 3.70. The number of aliphatic hydroxyl groups is 1. The van der Waals surface area contributed by atoms with Crippen molar-refractivity contribution in [3.8, 4) is 0 Å². The number of thioether (sulfide) groups is 1. The van der Waals surface area contributed by atoms with Crippen LogP contribution in [-0.2, 0) is 6.54 Å². The van der Waals surface area contributed by atoms with E-state index in [1.807, 2.05) is 11.8 Å². The molecule has 0 radical (unpaired) electrons. The first-order valence-electron chi connectivity index (χ1n) is 7.35. The number of aliphatic hydroxyl groups excluding tert-OH is 1. The van der Waals surface area contributed by atoms with E-state index in [9.17, 15) is 14.3 Å². The highest BCUT2D eigenvalue weighted by molar-refractivity contribution is 7.99. The Morgan fingerprint density at radius 1 is 1.35 bits per heavy atom. The van der Waals surface area contributed by atoms with Crippen LogP contribution < -0.4 is 0 Å². The molecule has 1 aliphatic rings. The highest BCUT2D eigenvalue weighted by atomic mass is 32.2. The number of benzene rings is 1. The maximum atomic E-state index is 13.7. The van der Waals surface area contributed by atoms with Crippen molar-refractivity contribution < 1.29 is 14.3 Å². The third-order valence-electron chi connectivity index (χ3n) is 3.68. The summed E-state index contributed by atoms with van der Waals surface area (Å²) in [7, 11) is 0. The van der Waals surface area contributed by atoms with Crippen molar-refractivity contribution in [1.82, 2.24) is 19.9 Å². The maximum absolute atomic E-state index is 13.7. The summed E-state index contributed by atoms with van der Waals surface area (Å²) in [6, 6.07) is 6.04. The zero-order valence-corrected chi connectivity index (χ0v) is 13.2. The Balaban J connectivity index is 1.67. The lowest BCUT2D eigenvalue weighted by molar-refractivity contribution is 0.0766. The summed E-state index contributed by atoms with van der Waals surface area (Å²) in [5, 5.41) is 17.9. The molecule has 6 nitrogen and oxygen atoms in total. The van der Waals surface area contributed by atoms with Crippen LogP contribution >= 0.6 is 11.8 Å². The molecule has 2 heterocycles. The summed E-state index contributed by atoms with van der Waals surface area (Å²) in [6.45, 7) is 1.44. The fraction of sp³-hybridized carbons (Fsp3) is 0.400. The number of rotatable bonds is 4. The predicted octanol–water partition coefficient (Wildman–Crippen LogP) is 1.34. The fourth-order valence-electron chi connectivity index (χ4n) is 2.43. The molecular weight excluding hydrogens is 319 g/mol. The summed E-state index contributed by atoms with van der Waals surface area (Å²) in [5.74, 6) is 1.22. The molecule has 1 aliphatic heterocycles. The van der Waals surface area contributed by atoms with Gasteiger partial charge in [-0.15, -0.1) is 5.10 Å². The van der Waals surface area contributed by atoms with E-state index in [1.54, 1.807) is 17.0 Å². The van der Waals surface area contributed by atoms with Crippen LogP contribution in [-0.4, -0.2) is 55.5 Å². The quantitative estimate of drug-likeness (QED) is 0.912. The van der Waals surface area contributed by atoms with Gasteiger partial charge in [0.2, 0.25) is 0 Å². The van der Waals surface area contributed by atoms with Gasteiger partial charge in [0.15, 0.2) is 5.69 Å². The van der Waals surface area contributed by atoms with E-state index < -0.39 is 11.9 Å². The van der Waals surface area contributed by atoms with Crippen molar-refractivity contribution in [2.75, 3.05) is 24.6 Å². The molecular formula is C15H17FN4O2S. The smallest absolute Gasteiger partial charge is 0.276 e. The zero-order chi connectivity index (χ0) is 16.2. The third-order valence-corrected chi connectivity index (χ3v) is 4.62. The minimum Gasteiger partial charge on any atom is -0.386 e. The molecule has 0 unspecified atom stereocenters. The average Bonchev–Trinajstić information content (AvgIpc) is 3.03. The Kier molecular flexibility index (Phi) is 4.92. The van der Waals surface area contributed by atoms with Crippen LogP contribution in [0.2, 0.25) is 0 Å². The second kappa shape index (κ2) is 7.10. The topological polar surface area (TPSA) is 71.2 Å². The predicted molar refractivity (Wildman–Crippen MR) is 84.6 cm³/mol. The summed E-state index contributed by atoms with van der Waals surface area (Å²) in [5.41, 5.74) is 0.446. The second-order valence-corrected chi connectivity index (χ2v) is 6.49. The molecule has 1 amide bonds. The summed E-state index contributed by atoms with van der Waals surface area (Å²) in [4.78, 5) is 14.0. The molecule has 1 aromatic carbocycles. The van der Waals surface area contributed by atoms with Gasteiger partial charge in [-0.1, -0.05) is 23.4 Å². The highest BCUT2D eigenvalue weighted by Gasteiger charge is 2.22. The van der Waals surface area contributed by atoms with Gasteiger partial charge in [0.25, 0.3) is 5.91 Å². The van der Waals surface area contributed by atoms with E-state index in [2.05, 4.69) is 10.3 Å². The number of aromatic nitrogens is 3. The number of hydrogen-bond acceptors (Lipinski definition) is 5. The first-order chi connectivity index (χ1) is 11.1. The fourth-order valence-corrected chi connectivity index (χ4v) is 3.34. The van der Waals surface area contributed by atoms with E-state index in [1.165, 1.54) is 23.0 Å². The average molecular weight is 336 g/mol. The van der Waals surface area contributed by atoms with Gasteiger partial charge >= 0.3 is 0 Å². The van der Waals surface area contributed by atoms with Gasteiger partial charge in [0.1, 0.15) is 11.9 Å². The molecule has 23 heavy (non-hydrogen) atoms. The normalized spacial score (nSPS) is 16.3. The molecule has 0 bridgehead atoms. The minimum absolute atomic E-state index is 0.0388. The maximum Gasteiger partial charge on any atom is 0.276 e. The highest BCUT2D eigenvalue weighted by Crippen LogP contribution is 2.18. The van der Waals surface area contributed by atoms with E-state index in [4.69, 9.17) is 0 Å². The van der Waals surface area contributed by atoms with Crippen LogP contribution in [0.4, 0.5) is 4.39 Å². The Morgan fingerprint density at radius 2 is 2.09 bits per heavy atom. The number of carbonyl (C=O) groups excluding carboxylic acids is 1. The van der Waals surface area contributed by atoms with E-state index in [0.717, 1.165) is 11.5 Å². The number of carbonyl (C=O) groups is 1. The molecule has 3 rings (SSSR count). The molecule has 122 valence electrons. The van der Waals surface area contributed by atoms with Crippen molar-refractivity contribution in [1.29, 1.82) is 0 Å². The van der Waals surface area contributed by atoms with E-state index in [0.29, 0.717) is 13.1 Å². The molecule has 0 aliphatic carbocycles. The largest absolute Gasteiger partial charge is 0.386 e. The van der Waals surface area contributed by atoms with Crippen molar-refractivity contribution in [3.63, 3.8) is 0 Å². The summed E-state index contributed by atoms with van der Waals surface area (Å²) in [6.07, 6.45) is 0.445. The zero-order valence-electron chi connectivity index (χ0n) is 12.4. The lowest BCUT2D eigenvalue weighted by Crippen LogP contribution is -2.38. The molecule has 1 atom stereocenters. The molecule has 1 saturated heterocycles. The molecule has 1 N–H and O–H groups in total. The van der Waals surface area contributed by atoms with Gasteiger partial charge in [-0.25, -0.2) is 9.07 Å². The Labute approximate surface area is 137 Å². The molecule has 0 spiro atoms. The van der Waals surface area contributed by atoms with Gasteiger partial charge in [-0.3, -0.25) is 4.79 Å². The second-order valence-electron chi connectivity index (χ2n) is 5.27. The number of halogens is 1. The molecule has 1 aromatic heterocycles. The Hall–Kier alpha value is -1.93. The summed E-state index contributed by atoms with van der Waals surface area (Å²) >= 11 is 1.82. The monoisotopic (exact) mass is 336 g/mol. The Morgan fingerprint density at radius 3 is 2.83 bits per heavy atom. The van der Waals surface area contributed by atoms with Gasteiger partial charge in [0, 0.05) is 30.2 Å². The van der Waals surface area contributed by atoms with Crippen LogP contribution in [0.15, 0.2) is 30.5 Å². The van der Waals surface area contributed by atoms with Crippen molar-refractivity contribution in [2.24, 2.45) is 0 Å². The lowest BCUT2D eigenvalue weighted by atomic mass is 10.1. The van der Waals surface area contributed by atoms with Gasteiger partial charge < -0.3 is 10.0 Å². The van der Waals surface area contributed by atoms with Crippen molar-refractivity contribution in [3.05, 3.63) is 47.5 Å². The van der Waals surface area contributed by atoms with Gasteiger partial charge in [-0.05, 0) is 6.07 Å². The van der Waals surface area contributed by atoms with Gasteiger partial charge in [0.05, 0.1) is 12.7 Å². The summed E-state index contributed by atoms with van der Waals surface area (Å²) < 4.78 is 15.0. The molecule has 2 aromatic rings. The van der Waals surface area contributed by atoms with E-state index in [-0.39, 0.29) is 23.7 Å². The minimum atomic E-state index is -1.05. The van der Waals surface area contributed by atoms with Gasteiger partial charge in [-0.2, -0.15) is 11.8 Å².